The maximum absolute atomic E-state index is 14.4. The number of nitrogens with zero attached hydrogens (tertiary/aromatic N) is 9. The maximum atomic E-state index is 14.4. The van der Waals surface area contributed by atoms with E-state index in [2.05, 4.69) is 81.7 Å². The molecule has 1 saturated heterocycles. The summed E-state index contributed by atoms with van der Waals surface area (Å²) < 4.78 is 60.4. The lowest BCUT2D eigenvalue weighted by Gasteiger charge is -2.37. The van der Waals surface area contributed by atoms with Crippen LogP contribution >= 0.6 is 46.4 Å². The normalized spacial score (nSPS) is 25.5. The quantitative estimate of drug-likeness (QED) is 0.0275. The summed E-state index contributed by atoms with van der Waals surface area (Å²) in [5.74, 6) is -1.88. The van der Waals surface area contributed by atoms with Crippen molar-refractivity contribution in [1.29, 1.82) is 0 Å². The van der Waals surface area contributed by atoms with Gasteiger partial charge in [0.25, 0.3) is 0 Å². The largest absolute Gasteiger partial charge is 0.388 e. The van der Waals surface area contributed by atoms with Crippen LogP contribution in [0.5, 0.6) is 0 Å². The number of hydrogen-bond donors (Lipinski definition) is 11. The summed E-state index contributed by atoms with van der Waals surface area (Å²) in [5, 5.41) is 50.0. The number of aromatic nitrogens is 10. The Hall–Kier alpha value is -6.17. The Morgan fingerprint density at radius 1 is 0.598 bits per heavy atom. The van der Waals surface area contributed by atoms with Gasteiger partial charge in [0, 0.05) is 81.0 Å². The molecular weight excluding hydrogens is 1220 g/mol. The SMILES string of the molecule is C.CC(=O)NC[C@]1(O)CCC[C@H](Nc2nc(-c3c[nH]c4ncc(Cl)cc34)ncc2F)C1.CC(=O)NC[C@]1(O)CCC[C@H](Nc2nc(Cl)ncc2F)C1.Fc1cnc(Cl)nc1N[C@H]1CCC[C@@]2(CO2)C1.NC[C@]1(O)CCC[C@H](Nc2nc(Cl)ncc2F)C1. The molecule has 5 aliphatic rings. The number of ether oxygens (including phenoxy) is 1. The zero-order chi connectivity index (χ0) is 61.8. The van der Waals surface area contributed by atoms with E-state index >= 15 is 0 Å². The Bertz CT molecular complexity index is 3310. The van der Waals surface area contributed by atoms with Gasteiger partial charge in [-0.05, 0) is 144 Å². The van der Waals surface area contributed by atoms with E-state index in [1.54, 1.807) is 12.3 Å². The summed E-state index contributed by atoms with van der Waals surface area (Å²) in [5.41, 5.74) is 4.00. The van der Waals surface area contributed by atoms with Crippen LogP contribution in [-0.2, 0) is 14.3 Å². The number of amides is 2. The molecule has 0 aromatic carbocycles. The smallest absolute Gasteiger partial charge is 0.224 e. The Morgan fingerprint density at radius 2 is 0.989 bits per heavy atom. The molecule has 7 heterocycles. The fourth-order valence-corrected chi connectivity index (χ4v) is 11.7. The molecule has 4 saturated carbocycles. The molecule has 6 aromatic rings. The summed E-state index contributed by atoms with van der Waals surface area (Å²) in [4.78, 5) is 60.0. The van der Waals surface area contributed by atoms with Crippen LogP contribution in [0.4, 0.5) is 40.8 Å². The summed E-state index contributed by atoms with van der Waals surface area (Å²) in [7, 11) is 0. The number of anilines is 4. The summed E-state index contributed by atoms with van der Waals surface area (Å²) in [6, 6.07) is 1.56. The Labute approximate surface area is 520 Å². The van der Waals surface area contributed by atoms with E-state index in [-0.39, 0.29) is 108 Å². The fourth-order valence-electron chi connectivity index (χ4n) is 11.2. The first-order valence-electron chi connectivity index (χ1n) is 28.2. The van der Waals surface area contributed by atoms with Crippen LogP contribution in [0.25, 0.3) is 22.4 Å². The van der Waals surface area contributed by atoms with Gasteiger partial charge in [-0.2, -0.15) is 15.0 Å². The van der Waals surface area contributed by atoms with Gasteiger partial charge in [0.15, 0.2) is 52.4 Å². The van der Waals surface area contributed by atoms with Crippen molar-refractivity contribution in [1.82, 2.24) is 60.5 Å². The number of hydrogen-bond acceptors (Lipinski definition) is 20. The van der Waals surface area contributed by atoms with Crippen molar-refractivity contribution in [3.05, 3.63) is 87.4 Å². The standard InChI is InChI=1S/C20H22ClFN6O2.C13H18ClFN4O2.C11H16ClFN4O.C11H13ClFN3O.CH4/c1-11(29)26-10-20(30)4-2-3-13(6-20)27-19-16(22)9-25-18(28-19)15-8-24-17-14(15)5-12(21)7-23-17;1-8(20)17-7-13(21)4-2-3-9(5-13)18-11-10(15)6-16-12(14)19-11;12-10-15-5-8(13)9(17-10)16-7-2-1-3-11(18,4-7)6-14;12-10-14-5-8(13)9(16-10)15-7-2-1-3-11(4-7)6-17-11;/h5,7-9,13,30H,2-4,6,10H2,1H3,(H,23,24)(H,26,29)(H,25,27,28);6,9,21H,2-5,7H2,1H3,(H,17,20)(H,16,18,19);5,7,18H,1-4,6,14H2,(H,15,16,17);5,7H,1-4,6H2,(H,14,15,16);1H4/t13-,20-;9-,13-;2*7-,11-;/m0000./s1. The molecule has 6 aromatic heterocycles. The third-order valence-corrected chi connectivity index (χ3v) is 16.3. The summed E-state index contributed by atoms with van der Waals surface area (Å²) in [6.45, 7) is 4.21. The number of H-pyrrole nitrogens is 1. The number of epoxide rings is 1. The van der Waals surface area contributed by atoms with Crippen LogP contribution in [0.3, 0.4) is 0 Å². The molecule has 0 bridgehead atoms. The Morgan fingerprint density at radius 3 is 1.41 bits per heavy atom. The lowest BCUT2D eigenvalue weighted by molar-refractivity contribution is -0.121. The molecule has 0 unspecified atom stereocenters. The van der Waals surface area contributed by atoms with E-state index < -0.39 is 40.1 Å². The van der Waals surface area contributed by atoms with Crippen molar-refractivity contribution in [3.63, 3.8) is 0 Å². The van der Waals surface area contributed by atoms with Gasteiger partial charge >= 0.3 is 0 Å². The summed E-state index contributed by atoms with van der Waals surface area (Å²) >= 11 is 23.0. The van der Waals surface area contributed by atoms with Gasteiger partial charge in [-0.3, -0.25) is 9.59 Å². The fraction of sp³-hybridized carbons (Fsp3) is 0.554. The number of aliphatic hydroxyl groups is 3. The van der Waals surface area contributed by atoms with E-state index in [1.807, 2.05) is 0 Å². The molecule has 11 rings (SSSR count). The molecule has 1 aliphatic heterocycles. The van der Waals surface area contributed by atoms with E-state index in [4.69, 9.17) is 56.9 Å². The zero-order valence-electron chi connectivity index (χ0n) is 47.2. The molecule has 0 radical (unpaired) electrons. The molecule has 8 atom stereocenters. The lowest BCUT2D eigenvalue weighted by Crippen LogP contribution is -2.48. The number of aromatic amines is 1. The third kappa shape index (κ3) is 19.9. The highest BCUT2D eigenvalue weighted by atomic mass is 35.5. The van der Waals surface area contributed by atoms with E-state index in [0.29, 0.717) is 60.6 Å². The highest BCUT2D eigenvalue weighted by Gasteiger charge is 2.48. The van der Waals surface area contributed by atoms with Crippen LogP contribution < -0.4 is 37.6 Å². The number of halogens is 8. The average Bonchev–Trinajstić information content (AvgIpc) is 1.87. The zero-order valence-corrected chi connectivity index (χ0v) is 50.2. The van der Waals surface area contributed by atoms with Crippen molar-refractivity contribution >= 4 is 92.5 Å². The van der Waals surface area contributed by atoms with Crippen LogP contribution in [0.2, 0.25) is 20.9 Å². The van der Waals surface area contributed by atoms with Crippen LogP contribution in [0.1, 0.15) is 124 Å². The molecule has 4 aliphatic carbocycles. The van der Waals surface area contributed by atoms with Gasteiger partial charge in [0.05, 0.1) is 58.8 Å². The second-order valence-electron chi connectivity index (χ2n) is 22.6. The first-order valence-corrected chi connectivity index (χ1v) is 29.7. The lowest BCUT2D eigenvalue weighted by atomic mass is 9.81. The predicted molar refractivity (Wildman–Crippen MR) is 323 cm³/mol. The minimum atomic E-state index is -1.03. The van der Waals surface area contributed by atoms with Crippen molar-refractivity contribution < 1.29 is 47.2 Å². The van der Waals surface area contributed by atoms with Gasteiger partial charge in [0.1, 0.15) is 5.65 Å². The molecular formula is C56H73Cl4F4N17O6. The molecule has 23 nitrogen and oxygen atoms in total. The highest BCUT2D eigenvalue weighted by molar-refractivity contribution is 6.31. The number of rotatable bonds is 14. The summed E-state index contributed by atoms with van der Waals surface area (Å²) in [6.07, 6.45) is 19.4. The van der Waals surface area contributed by atoms with E-state index in [9.17, 15) is 42.5 Å². The first kappa shape index (κ1) is 68.3. The van der Waals surface area contributed by atoms with Gasteiger partial charge in [-0.1, -0.05) is 19.0 Å². The number of fused-ring (bicyclic) bond motifs is 1. The topological polar surface area (TPSA) is 337 Å². The predicted octanol–water partition coefficient (Wildman–Crippen LogP) is 8.87. The highest BCUT2D eigenvalue weighted by Crippen LogP contribution is 2.43. The van der Waals surface area contributed by atoms with Gasteiger partial charge in [-0.15, -0.1) is 0 Å². The molecule has 31 heteroatoms. The second kappa shape index (κ2) is 30.4. The van der Waals surface area contributed by atoms with Crippen molar-refractivity contribution in [2.75, 3.05) is 47.5 Å². The maximum Gasteiger partial charge on any atom is 0.224 e. The van der Waals surface area contributed by atoms with Crippen molar-refractivity contribution in [2.24, 2.45) is 5.73 Å². The third-order valence-electron chi connectivity index (χ3n) is 15.5. The van der Waals surface area contributed by atoms with Crippen molar-refractivity contribution in [2.45, 2.75) is 171 Å². The minimum Gasteiger partial charge on any atom is -0.388 e. The first-order chi connectivity index (χ1) is 40.9. The average molecular weight is 1300 g/mol. The second-order valence-corrected chi connectivity index (χ2v) is 24.0. The number of nitrogens with two attached hydrogens (primary N) is 1. The van der Waals surface area contributed by atoms with Crippen LogP contribution in [0, 0.1) is 23.3 Å². The van der Waals surface area contributed by atoms with E-state index in [0.717, 1.165) is 101 Å². The molecule has 87 heavy (non-hydrogen) atoms. The molecule has 12 N–H and O–H groups in total. The molecule has 474 valence electrons. The number of nitrogens with one attached hydrogen (secondary N) is 7. The van der Waals surface area contributed by atoms with E-state index in [1.165, 1.54) is 20.0 Å². The Kier molecular flexibility index (Phi) is 23.8. The number of carbonyl (C=O) groups excluding carboxylic acids is 2. The van der Waals surface area contributed by atoms with Gasteiger partial charge < -0.3 is 62.7 Å². The monoisotopic (exact) mass is 1300 g/mol. The number of carbonyl (C=O) groups is 2. The van der Waals surface area contributed by atoms with Crippen molar-refractivity contribution in [3.8, 4) is 11.4 Å². The number of pyridine rings is 1. The van der Waals surface area contributed by atoms with Gasteiger partial charge in [-0.25, -0.2) is 47.5 Å². The molecule has 1 spiro atoms. The molecule has 5 fully saturated rings. The van der Waals surface area contributed by atoms with Crippen LogP contribution in [0.15, 0.2) is 43.2 Å². The minimum absolute atomic E-state index is 0. The van der Waals surface area contributed by atoms with Gasteiger partial charge in [0.2, 0.25) is 27.7 Å². The molecule has 2 amide bonds. The van der Waals surface area contributed by atoms with Crippen LogP contribution in [-0.4, -0.2) is 150 Å². The Balaban J connectivity index is 0.000000170.